The van der Waals surface area contributed by atoms with Crippen LogP contribution in [0, 0.1) is 0 Å². The fourth-order valence-corrected chi connectivity index (χ4v) is 4.61. The van der Waals surface area contributed by atoms with Gasteiger partial charge in [-0.05, 0) is 31.1 Å². The molecule has 0 aliphatic heterocycles. The van der Waals surface area contributed by atoms with Gasteiger partial charge in [-0.25, -0.2) is 0 Å². The van der Waals surface area contributed by atoms with E-state index in [2.05, 4.69) is 32.7 Å². The van der Waals surface area contributed by atoms with Gasteiger partial charge >= 0.3 is 0 Å². The highest BCUT2D eigenvalue weighted by molar-refractivity contribution is 6.77. The first-order valence-electron chi connectivity index (χ1n) is 5.49. The van der Waals surface area contributed by atoms with Crippen molar-refractivity contribution in [1.82, 2.24) is 4.98 Å². The first-order chi connectivity index (χ1) is 5.74. The van der Waals surface area contributed by atoms with Crippen LogP contribution in [0.2, 0.25) is 18.1 Å². The van der Waals surface area contributed by atoms with E-state index in [9.17, 15) is 0 Å². The first-order valence-corrected chi connectivity index (χ1v) is 8.11. The molecule has 0 atom stereocenters. The Balaban J connectivity index is 3.76. The van der Waals surface area contributed by atoms with Crippen molar-refractivity contribution in [3.8, 4) is 0 Å². The zero-order valence-electron chi connectivity index (χ0n) is 9.24. The van der Waals surface area contributed by atoms with Crippen molar-refractivity contribution in [2.24, 2.45) is 0 Å². The van der Waals surface area contributed by atoms with Gasteiger partial charge in [0.15, 0.2) is 0 Å². The fraction of sp³-hybridized carbons (Fsp3) is 1.00. The largest absolute Gasteiger partial charge is 0.337 e. The third-order valence-electron chi connectivity index (χ3n) is 3.06. The van der Waals surface area contributed by atoms with E-state index in [0.29, 0.717) is 0 Å². The van der Waals surface area contributed by atoms with Gasteiger partial charge in [0.1, 0.15) is 8.24 Å². The summed E-state index contributed by atoms with van der Waals surface area (Å²) in [7, 11) is -1.00. The van der Waals surface area contributed by atoms with Crippen molar-refractivity contribution in [1.29, 1.82) is 0 Å². The molecule has 0 aromatic heterocycles. The lowest BCUT2D eigenvalue weighted by Gasteiger charge is -2.29. The van der Waals surface area contributed by atoms with E-state index in [4.69, 9.17) is 0 Å². The first kappa shape index (κ1) is 12.2. The molecule has 0 unspecified atom stereocenters. The standard InChI is InChI=1S/C10H25NSi/c1-5-9-10-11-12(6-2,7-3)8-4/h11H,5-10H2,1-4H3. The van der Waals surface area contributed by atoms with Gasteiger partial charge in [-0.1, -0.05) is 34.1 Å². The van der Waals surface area contributed by atoms with E-state index < -0.39 is 8.24 Å². The minimum atomic E-state index is -1.00. The van der Waals surface area contributed by atoms with Crippen molar-refractivity contribution in [3.05, 3.63) is 0 Å². The van der Waals surface area contributed by atoms with Gasteiger partial charge in [-0.2, -0.15) is 0 Å². The molecule has 0 aliphatic carbocycles. The summed E-state index contributed by atoms with van der Waals surface area (Å²) in [6.45, 7) is 10.5. The monoisotopic (exact) mass is 187 g/mol. The molecule has 0 bridgehead atoms. The van der Waals surface area contributed by atoms with E-state index in [1.165, 1.54) is 37.5 Å². The Kier molecular flexibility index (Phi) is 6.77. The van der Waals surface area contributed by atoms with Crippen molar-refractivity contribution in [3.63, 3.8) is 0 Å². The molecule has 0 aromatic carbocycles. The molecule has 1 N–H and O–H groups in total. The predicted molar refractivity (Wildman–Crippen MR) is 60.1 cm³/mol. The second-order valence-electron chi connectivity index (χ2n) is 3.62. The molecule has 0 saturated carbocycles. The van der Waals surface area contributed by atoms with E-state index >= 15 is 0 Å². The third-order valence-corrected chi connectivity index (χ3v) is 8.12. The van der Waals surface area contributed by atoms with Crippen LogP contribution >= 0.6 is 0 Å². The molecule has 1 nitrogen and oxygen atoms in total. The lowest BCUT2D eigenvalue weighted by Crippen LogP contribution is -2.49. The minimum Gasteiger partial charge on any atom is -0.337 e. The normalized spacial score (nSPS) is 12.0. The number of hydrogen-bond donors (Lipinski definition) is 1. The molecule has 0 amide bonds. The molecule has 0 heterocycles. The van der Waals surface area contributed by atoms with Crippen LogP contribution in [0.25, 0.3) is 0 Å². The van der Waals surface area contributed by atoms with Crippen LogP contribution in [0.4, 0.5) is 0 Å². The lowest BCUT2D eigenvalue weighted by atomic mass is 10.3. The second kappa shape index (κ2) is 6.67. The smallest absolute Gasteiger partial charge is 0.124 e. The van der Waals surface area contributed by atoms with Crippen LogP contribution in [0.1, 0.15) is 40.5 Å². The Morgan fingerprint density at radius 2 is 1.42 bits per heavy atom. The summed E-state index contributed by atoms with van der Waals surface area (Å²) in [6.07, 6.45) is 2.66. The summed E-state index contributed by atoms with van der Waals surface area (Å²) in [5.74, 6) is 0. The average Bonchev–Trinajstić information content (AvgIpc) is 2.14. The van der Waals surface area contributed by atoms with E-state index in [-0.39, 0.29) is 0 Å². The quantitative estimate of drug-likeness (QED) is 0.476. The summed E-state index contributed by atoms with van der Waals surface area (Å²) in [5.41, 5.74) is 0. The Hall–Kier alpha value is 0.177. The Morgan fingerprint density at radius 1 is 0.917 bits per heavy atom. The molecular weight excluding hydrogens is 162 g/mol. The van der Waals surface area contributed by atoms with Crippen molar-refractivity contribution in [2.45, 2.75) is 58.7 Å². The van der Waals surface area contributed by atoms with Crippen LogP contribution in [0.5, 0.6) is 0 Å². The van der Waals surface area contributed by atoms with Crippen LogP contribution < -0.4 is 4.98 Å². The highest BCUT2D eigenvalue weighted by Gasteiger charge is 2.25. The Morgan fingerprint density at radius 3 is 1.75 bits per heavy atom. The number of rotatable bonds is 7. The van der Waals surface area contributed by atoms with Gasteiger partial charge < -0.3 is 4.98 Å². The van der Waals surface area contributed by atoms with E-state index in [1.807, 2.05) is 0 Å². The van der Waals surface area contributed by atoms with Crippen molar-refractivity contribution < 1.29 is 0 Å². The van der Waals surface area contributed by atoms with Crippen molar-refractivity contribution >= 4 is 8.24 Å². The minimum absolute atomic E-state index is 1.00. The molecule has 0 radical (unpaired) electrons. The summed E-state index contributed by atoms with van der Waals surface area (Å²) < 4.78 is 0. The topological polar surface area (TPSA) is 12.0 Å². The second-order valence-corrected chi connectivity index (χ2v) is 8.66. The zero-order valence-corrected chi connectivity index (χ0v) is 10.2. The molecule has 2 heteroatoms. The number of unbranched alkanes of at least 4 members (excludes halogenated alkanes) is 1. The molecule has 0 aliphatic rings. The number of nitrogens with one attached hydrogen (secondary N) is 1. The summed E-state index contributed by atoms with van der Waals surface area (Å²) in [4.78, 5) is 3.82. The summed E-state index contributed by atoms with van der Waals surface area (Å²) in [6, 6.07) is 4.18. The lowest BCUT2D eigenvalue weighted by molar-refractivity contribution is 0.743. The predicted octanol–water partition coefficient (Wildman–Crippen LogP) is 3.38. The average molecular weight is 187 g/mol. The summed E-state index contributed by atoms with van der Waals surface area (Å²) >= 11 is 0. The number of hydrogen-bond acceptors (Lipinski definition) is 1. The van der Waals surface area contributed by atoms with Crippen LogP contribution in [0.15, 0.2) is 0 Å². The van der Waals surface area contributed by atoms with Gasteiger partial charge in [-0.3, -0.25) is 0 Å². The Labute approximate surface area is 79.0 Å². The van der Waals surface area contributed by atoms with E-state index in [0.717, 1.165) is 0 Å². The maximum absolute atomic E-state index is 3.82. The summed E-state index contributed by atoms with van der Waals surface area (Å²) in [5, 5.41) is 0. The molecule has 0 fully saturated rings. The van der Waals surface area contributed by atoms with Crippen molar-refractivity contribution in [2.75, 3.05) is 6.54 Å². The van der Waals surface area contributed by atoms with Gasteiger partial charge in [0.25, 0.3) is 0 Å². The van der Waals surface area contributed by atoms with E-state index in [1.54, 1.807) is 0 Å². The molecule has 0 rings (SSSR count). The Bertz CT molecular complexity index is 91.7. The molecule has 12 heavy (non-hydrogen) atoms. The fourth-order valence-electron chi connectivity index (χ4n) is 1.66. The maximum Gasteiger partial charge on any atom is 0.124 e. The van der Waals surface area contributed by atoms with Gasteiger partial charge in [0, 0.05) is 0 Å². The van der Waals surface area contributed by atoms with Gasteiger partial charge in [0.2, 0.25) is 0 Å². The molecular formula is C10H25NSi. The molecule has 0 spiro atoms. The molecule has 0 aromatic rings. The van der Waals surface area contributed by atoms with Gasteiger partial charge in [0.05, 0.1) is 0 Å². The van der Waals surface area contributed by atoms with Crippen LogP contribution in [-0.4, -0.2) is 14.8 Å². The third kappa shape index (κ3) is 3.72. The van der Waals surface area contributed by atoms with Gasteiger partial charge in [-0.15, -0.1) is 0 Å². The van der Waals surface area contributed by atoms with Crippen LogP contribution in [-0.2, 0) is 0 Å². The molecule has 74 valence electrons. The maximum atomic E-state index is 3.82. The zero-order chi connectivity index (χ0) is 9.45. The van der Waals surface area contributed by atoms with Crippen LogP contribution in [0.3, 0.4) is 0 Å². The SMILES string of the molecule is CCCCN[Si](CC)(CC)CC. The highest BCUT2D eigenvalue weighted by atomic mass is 28.3. The molecule has 0 saturated heterocycles. The highest BCUT2D eigenvalue weighted by Crippen LogP contribution is 2.16.